The van der Waals surface area contributed by atoms with E-state index < -0.39 is 6.04 Å². The first-order valence-corrected chi connectivity index (χ1v) is 9.36. The standard InChI is InChI=1S/C18H26N4O3/c23-17(9-13-1-2-13)21-11-15-3-6-20-22(15)16(12-21)18(24)19-10-14-4-7-25-8-5-14/h3,6,13-14,16H,1-2,4-5,7-12H2,(H,19,24)/t16-/m0/s1. The van der Waals surface area contributed by atoms with Gasteiger partial charge in [0.15, 0.2) is 0 Å². The van der Waals surface area contributed by atoms with E-state index in [9.17, 15) is 9.59 Å². The van der Waals surface area contributed by atoms with Gasteiger partial charge in [-0.25, -0.2) is 0 Å². The second kappa shape index (κ2) is 7.15. The molecule has 1 saturated carbocycles. The second-order valence-electron chi connectivity index (χ2n) is 7.51. The Kier molecular flexibility index (Phi) is 4.74. The van der Waals surface area contributed by atoms with Crippen LogP contribution in [0.1, 0.15) is 43.8 Å². The minimum Gasteiger partial charge on any atom is -0.381 e. The summed E-state index contributed by atoms with van der Waals surface area (Å²) in [7, 11) is 0. The molecule has 2 fully saturated rings. The number of hydrogen-bond acceptors (Lipinski definition) is 4. The van der Waals surface area contributed by atoms with Crippen LogP contribution in [-0.2, 0) is 20.9 Å². The number of aromatic nitrogens is 2. The van der Waals surface area contributed by atoms with E-state index in [0.717, 1.165) is 44.6 Å². The molecular weight excluding hydrogens is 320 g/mol. The molecule has 25 heavy (non-hydrogen) atoms. The predicted molar refractivity (Wildman–Crippen MR) is 90.6 cm³/mol. The van der Waals surface area contributed by atoms with E-state index in [1.807, 2.05) is 11.0 Å². The van der Waals surface area contributed by atoms with Crippen molar-refractivity contribution in [3.05, 3.63) is 18.0 Å². The third kappa shape index (κ3) is 3.86. The van der Waals surface area contributed by atoms with E-state index in [1.165, 1.54) is 0 Å². The van der Waals surface area contributed by atoms with Gasteiger partial charge in [0, 0.05) is 32.4 Å². The molecule has 3 aliphatic rings. The molecule has 2 aliphatic heterocycles. The molecule has 1 aromatic rings. The van der Waals surface area contributed by atoms with Gasteiger partial charge in [-0.05, 0) is 43.6 Å². The summed E-state index contributed by atoms with van der Waals surface area (Å²) in [4.78, 5) is 27.1. The van der Waals surface area contributed by atoms with Gasteiger partial charge in [-0.15, -0.1) is 0 Å². The summed E-state index contributed by atoms with van der Waals surface area (Å²) in [6, 6.07) is 1.47. The molecule has 0 unspecified atom stereocenters. The van der Waals surface area contributed by atoms with Gasteiger partial charge in [0.1, 0.15) is 6.04 Å². The Morgan fingerprint density at radius 3 is 2.76 bits per heavy atom. The average Bonchev–Trinajstić information content (AvgIpc) is 3.32. The number of nitrogens with zero attached hydrogens (tertiary/aromatic N) is 3. The maximum absolute atomic E-state index is 12.8. The molecular formula is C18H26N4O3. The van der Waals surface area contributed by atoms with Crippen LogP contribution in [0.4, 0.5) is 0 Å². The van der Waals surface area contributed by atoms with Crippen molar-refractivity contribution >= 4 is 11.8 Å². The minimum atomic E-state index is -0.429. The molecule has 0 radical (unpaired) electrons. The fourth-order valence-electron chi connectivity index (χ4n) is 3.69. The molecule has 1 N–H and O–H groups in total. The Hall–Kier alpha value is -1.89. The van der Waals surface area contributed by atoms with Gasteiger partial charge in [-0.3, -0.25) is 14.3 Å². The molecule has 7 heteroatoms. The van der Waals surface area contributed by atoms with Gasteiger partial charge < -0.3 is 15.0 Å². The van der Waals surface area contributed by atoms with E-state index in [2.05, 4.69) is 10.4 Å². The monoisotopic (exact) mass is 346 g/mol. The third-order valence-electron chi connectivity index (χ3n) is 5.52. The number of amides is 2. The molecule has 2 amide bonds. The van der Waals surface area contributed by atoms with Gasteiger partial charge in [0.25, 0.3) is 0 Å². The van der Waals surface area contributed by atoms with Crippen LogP contribution in [0.5, 0.6) is 0 Å². The van der Waals surface area contributed by atoms with E-state index >= 15 is 0 Å². The fraction of sp³-hybridized carbons (Fsp3) is 0.722. The highest BCUT2D eigenvalue weighted by atomic mass is 16.5. The summed E-state index contributed by atoms with van der Waals surface area (Å²) in [6.07, 6.45) is 6.63. The zero-order valence-electron chi connectivity index (χ0n) is 14.5. The van der Waals surface area contributed by atoms with Crippen LogP contribution in [0.25, 0.3) is 0 Å². The van der Waals surface area contributed by atoms with Crippen molar-refractivity contribution in [3.8, 4) is 0 Å². The second-order valence-corrected chi connectivity index (χ2v) is 7.51. The quantitative estimate of drug-likeness (QED) is 0.866. The molecule has 1 aromatic heterocycles. The molecule has 1 aliphatic carbocycles. The highest BCUT2D eigenvalue weighted by molar-refractivity contribution is 5.83. The van der Waals surface area contributed by atoms with Crippen molar-refractivity contribution in [2.24, 2.45) is 11.8 Å². The molecule has 0 bridgehead atoms. The van der Waals surface area contributed by atoms with Gasteiger partial charge in [0.2, 0.25) is 11.8 Å². The largest absolute Gasteiger partial charge is 0.381 e. The summed E-state index contributed by atoms with van der Waals surface area (Å²) < 4.78 is 7.14. The van der Waals surface area contributed by atoms with Gasteiger partial charge in [-0.2, -0.15) is 5.10 Å². The number of fused-ring (bicyclic) bond motifs is 1. The van der Waals surface area contributed by atoms with E-state index in [0.29, 0.717) is 37.9 Å². The smallest absolute Gasteiger partial charge is 0.246 e. The van der Waals surface area contributed by atoms with Gasteiger partial charge in [-0.1, -0.05) is 0 Å². The van der Waals surface area contributed by atoms with Gasteiger partial charge >= 0.3 is 0 Å². The lowest BCUT2D eigenvalue weighted by Gasteiger charge is -2.33. The van der Waals surface area contributed by atoms with Crippen molar-refractivity contribution in [1.29, 1.82) is 0 Å². The highest BCUT2D eigenvalue weighted by Crippen LogP contribution is 2.33. The van der Waals surface area contributed by atoms with Crippen LogP contribution >= 0.6 is 0 Å². The molecule has 3 heterocycles. The van der Waals surface area contributed by atoms with Crippen LogP contribution in [0.15, 0.2) is 12.3 Å². The average molecular weight is 346 g/mol. The van der Waals surface area contributed by atoms with Crippen LogP contribution in [0.2, 0.25) is 0 Å². The first-order chi connectivity index (χ1) is 12.2. The zero-order chi connectivity index (χ0) is 17.2. The number of hydrogen-bond donors (Lipinski definition) is 1. The van der Waals surface area contributed by atoms with Crippen molar-refractivity contribution in [2.75, 3.05) is 26.3 Å². The van der Waals surface area contributed by atoms with Gasteiger partial charge in [0.05, 0.1) is 18.8 Å². The first-order valence-electron chi connectivity index (χ1n) is 9.36. The maximum atomic E-state index is 12.8. The van der Waals surface area contributed by atoms with Crippen molar-refractivity contribution in [3.63, 3.8) is 0 Å². The summed E-state index contributed by atoms with van der Waals surface area (Å²) in [6.45, 7) is 3.19. The molecule has 1 atom stereocenters. The topological polar surface area (TPSA) is 76.5 Å². The predicted octanol–water partition coefficient (Wildman–Crippen LogP) is 1.11. The molecule has 136 valence electrons. The summed E-state index contributed by atoms with van der Waals surface area (Å²) >= 11 is 0. The first kappa shape index (κ1) is 16.6. The molecule has 0 aromatic carbocycles. The SMILES string of the molecule is O=C(NCC1CCOCC1)[C@@H]1CN(C(=O)CC2CC2)Cc2ccnn21. The lowest BCUT2D eigenvalue weighted by atomic mass is 10.0. The summed E-state index contributed by atoms with van der Waals surface area (Å²) in [5.74, 6) is 1.16. The Balaban J connectivity index is 1.40. The van der Waals surface area contributed by atoms with Crippen LogP contribution < -0.4 is 5.32 Å². The molecule has 1 saturated heterocycles. The summed E-state index contributed by atoms with van der Waals surface area (Å²) in [5, 5.41) is 7.39. The third-order valence-corrected chi connectivity index (χ3v) is 5.52. The van der Waals surface area contributed by atoms with E-state index in [1.54, 1.807) is 10.9 Å². The Morgan fingerprint density at radius 1 is 1.20 bits per heavy atom. The van der Waals surface area contributed by atoms with Crippen molar-refractivity contribution in [1.82, 2.24) is 20.0 Å². The number of ether oxygens (including phenoxy) is 1. The lowest BCUT2D eigenvalue weighted by molar-refractivity contribution is -0.136. The minimum absolute atomic E-state index is 0.0413. The zero-order valence-corrected chi connectivity index (χ0v) is 14.5. The van der Waals surface area contributed by atoms with E-state index in [-0.39, 0.29) is 11.8 Å². The number of nitrogens with one attached hydrogen (secondary N) is 1. The maximum Gasteiger partial charge on any atom is 0.246 e. The van der Waals surface area contributed by atoms with Crippen LogP contribution in [0, 0.1) is 11.8 Å². The van der Waals surface area contributed by atoms with Crippen molar-refractivity contribution < 1.29 is 14.3 Å². The molecule has 4 rings (SSSR count). The van der Waals surface area contributed by atoms with Crippen LogP contribution in [-0.4, -0.2) is 52.8 Å². The van der Waals surface area contributed by atoms with Crippen LogP contribution in [0.3, 0.4) is 0 Å². The Labute approximate surface area is 147 Å². The molecule has 7 nitrogen and oxygen atoms in total. The Morgan fingerprint density at radius 2 is 2.00 bits per heavy atom. The fourth-order valence-corrected chi connectivity index (χ4v) is 3.69. The number of carbonyl (C=O) groups is 2. The lowest BCUT2D eigenvalue weighted by Crippen LogP contribution is -2.48. The Bertz CT molecular complexity index is 634. The van der Waals surface area contributed by atoms with Crippen molar-refractivity contribution in [2.45, 2.75) is 44.7 Å². The normalized spacial score (nSPS) is 24.0. The summed E-state index contributed by atoms with van der Waals surface area (Å²) in [5.41, 5.74) is 0.932. The highest BCUT2D eigenvalue weighted by Gasteiger charge is 2.35. The number of carbonyl (C=O) groups excluding carboxylic acids is 2. The molecule has 0 spiro atoms. The number of rotatable bonds is 5. The van der Waals surface area contributed by atoms with E-state index in [4.69, 9.17) is 4.74 Å².